The summed E-state index contributed by atoms with van der Waals surface area (Å²) in [4.78, 5) is 8.46. The van der Waals surface area contributed by atoms with Gasteiger partial charge in [-0.25, -0.2) is 4.98 Å². The highest BCUT2D eigenvalue weighted by atomic mass is 16.5. The summed E-state index contributed by atoms with van der Waals surface area (Å²) in [5.74, 6) is 1.92. The molecule has 19 heavy (non-hydrogen) atoms. The third-order valence-electron chi connectivity index (χ3n) is 2.50. The Hall–Kier alpha value is -1.94. The van der Waals surface area contributed by atoms with Crippen molar-refractivity contribution in [1.29, 1.82) is 0 Å². The lowest BCUT2D eigenvalue weighted by atomic mass is 10.2. The molecule has 0 aliphatic carbocycles. The molecule has 100 valence electrons. The Morgan fingerprint density at radius 1 is 1.21 bits per heavy atom. The van der Waals surface area contributed by atoms with E-state index in [2.05, 4.69) is 29.1 Å². The van der Waals surface area contributed by atoms with E-state index < -0.39 is 0 Å². The summed E-state index contributed by atoms with van der Waals surface area (Å²) in [6.07, 6.45) is 3.39. The molecule has 0 aliphatic rings. The van der Waals surface area contributed by atoms with Crippen molar-refractivity contribution in [3.8, 4) is 11.6 Å². The highest BCUT2D eigenvalue weighted by Gasteiger charge is 2.01. The number of nitrogens with zero attached hydrogens (tertiary/aromatic N) is 2. The van der Waals surface area contributed by atoms with E-state index in [0.717, 1.165) is 18.8 Å². The minimum absolute atomic E-state index is 0.594. The van der Waals surface area contributed by atoms with Crippen LogP contribution >= 0.6 is 0 Å². The van der Waals surface area contributed by atoms with Crippen LogP contribution < -0.4 is 10.1 Å². The lowest BCUT2D eigenvalue weighted by molar-refractivity contribution is 0.456. The molecule has 4 heteroatoms. The van der Waals surface area contributed by atoms with Gasteiger partial charge in [-0.2, -0.15) is 0 Å². The Bertz CT molecular complexity index is 500. The van der Waals surface area contributed by atoms with Crippen molar-refractivity contribution < 1.29 is 4.74 Å². The third kappa shape index (κ3) is 4.67. The Morgan fingerprint density at radius 3 is 2.84 bits per heavy atom. The quantitative estimate of drug-likeness (QED) is 0.864. The predicted octanol–water partition coefficient (Wildman–Crippen LogP) is 3.01. The highest BCUT2D eigenvalue weighted by molar-refractivity contribution is 5.24. The van der Waals surface area contributed by atoms with E-state index in [1.54, 1.807) is 12.4 Å². The first-order valence-electron chi connectivity index (χ1n) is 6.48. The summed E-state index contributed by atoms with van der Waals surface area (Å²) in [6.45, 7) is 6.10. The monoisotopic (exact) mass is 257 g/mol. The van der Waals surface area contributed by atoms with Crippen LogP contribution in [0.25, 0.3) is 0 Å². The van der Waals surface area contributed by atoms with Crippen LogP contribution in [-0.4, -0.2) is 16.5 Å². The molecule has 0 saturated heterocycles. The molecule has 4 nitrogen and oxygen atoms in total. The van der Waals surface area contributed by atoms with Crippen LogP contribution in [0.15, 0.2) is 42.7 Å². The maximum Gasteiger partial charge on any atom is 0.219 e. The van der Waals surface area contributed by atoms with Gasteiger partial charge in [-0.1, -0.05) is 19.9 Å². The number of aromatic nitrogens is 2. The van der Waals surface area contributed by atoms with Gasteiger partial charge in [0.15, 0.2) is 0 Å². The standard InChI is InChI=1S/C15H19N3O/c1-12(2)9-17-10-13-5-3-7-15(18-13)19-14-6-4-8-16-11-14/h3-8,11-12,17H,9-10H2,1-2H3. The van der Waals surface area contributed by atoms with E-state index in [9.17, 15) is 0 Å². The van der Waals surface area contributed by atoms with Crippen LogP contribution in [0.2, 0.25) is 0 Å². The van der Waals surface area contributed by atoms with Crippen molar-refractivity contribution >= 4 is 0 Å². The fraction of sp³-hybridized carbons (Fsp3) is 0.333. The highest BCUT2D eigenvalue weighted by Crippen LogP contribution is 2.17. The predicted molar refractivity (Wildman–Crippen MR) is 75.1 cm³/mol. The van der Waals surface area contributed by atoms with E-state index in [-0.39, 0.29) is 0 Å². The largest absolute Gasteiger partial charge is 0.437 e. The maximum atomic E-state index is 5.65. The molecule has 0 aromatic carbocycles. The smallest absolute Gasteiger partial charge is 0.219 e. The second-order valence-electron chi connectivity index (χ2n) is 4.78. The van der Waals surface area contributed by atoms with Gasteiger partial charge in [-0.05, 0) is 30.7 Å². The van der Waals surface area contributed by atoms with Crippen LogP contribution in [0.5, 0.6) is 11.6 Å². The van der Waals surface area contributed by atoms with Crippen LogP contribution in [0.4, 0.5) is 0 Å². The van der Waals surface area contributed by atoms with Crippen molar-refractivity contribution in [3.63, 3.8) is 0 Å². The fourth-order valence-corrected chi connectivity index (χ4v) is 1.63. The van der Waals surface area contributed by atoms with Crippen molar-refractivity contribution in [2.24, 2.45) is 5.92 Å². The maximum absolute atomic E-state index is 5.65. The summed E-state index contributed by atoms with van der Waals surface area (Å²) in [7, 11) is 0. The first kappa shape index (κ1) is 13.5. The molecule has 1 N–H and O–H groups in total. The molecular weight excluding hydrogens is 238 g/mol. The van der Waals surface area contributed by atoms with Crippen LogP contribution in [0, 0.1) is 5.92 Å². The SMILES string of the molecule is CC(C)CNCc1cccc(Oc2cccnc2)n1. The summed E-state index contributed by atoms with van der Waals surface area (Å²) >= 11 is 0. The van der Waals surface area contributed by atoms with Gasteiger partial charge in [-0.15, -0.1) is 0 Å². The third-order valence-corrected chi connectivity index (χ3v) is 2.50. The first-order valence-corrected chi connectivity index (χ1v) is 6.48. The van der Waals surface area contributed by atoms with Gasteiger partial charge in [0.1, 0.15) is 5.75 Å². The number of nitrogens with one attached hydrogen (secondary N) is 1. The van der Waals surface area contributed by atoms with Crippen LogP contribution in [0.1, 0.15) is 19.5 Å². The summed E-state index contributed by atoms with van der Waals surface area (Å²) in [5.41, 5.74) is 0.974. The van der Waals surface area contributed by atoms with E-state index >= 15 is 0 Å². The van der Waals surface area contributed by atoms with Gasteiger partial charge in [0.2, 0.25) is 5.88 Å². The molecule has 0 fully saturated rings. The topological polar surface area (TPSA) is 47.0 Å². The molecule has 0 amide bonds. The lowest BCUT2D eigenvalue weighted by Crippen LogP contribution is -2.19. The summed E-state index contributed by atoms with van der Waals surface area (Å²) < 4.78 is 5.65. The lowest BCUT2D eigenvalue weighted by Gasteiger charge is -2.08. The Kier molecular flexibility index (Phi) is 4.86. The molecule has 0 saturated carbocycles. The van der Waals surface area contributed by atoms with Crippen molar-refractivity contribution in [1.82, 2.24) is 15.3 Å². The van der Waals surface area contributed by atoms with Gasteiger partial charge in [-0.3, -0.25) is 4.98 Å². The van der Waals surface area contributed by atoms with E-state index in [1.165, 1.54) is 0 Å². The minimum Gasteiger partial charge on any atom is -0.437 e. The van der Waals surface area contributed by atoms with Gasteiger partial charge in [0.25, 0.3) is 0 Å². The second kappa shape index (κ2) is 6.85. The molecule has 0 atom stereocenters. The fourth-order valence-electron chi connectivity index (χ4n) is 1.63. The average Bonchev–Trinajstić information content (AvgIpc) is 2.40. The normalized spacial score (nSPS) is 10.7. The molecule has 2 rings (SSSR count). The average molecular weight is 257 g/mol. The molecule has 0 bridgehead atoms. The molecular formula is C15H19N3O. The van der Waals surface area contributed by atoms with E-state index in [1.807, 2.05) is 30.3 Å². The number of rotatable bonds is 6. The summed E-state index contributed by atoms with van der Waals surface area (Å²) in [5, 5.41) is 3.36. The van der Waals surface area contributed by atoms with Crippen molar-refractivity contribution in [2.75, 3.05) is 6.54 Å². The molecule has 2 aromatic heterocycles. The van der Waals surface area contributed by atoms with Gasteiger partial charge in [0.05, 0.1) is 11.9 Å². The number of hydrogen-bond donors (Lipinski definition) is 1. The van der Waals surface area contributed by atoms with Crippen molar-refractivity contribution in [3.05, 3.63) is 48.4 Å². The van der Waals surface area contributed by atoms with Gasteiger partial charge >= 0.3 is 0 Å². The zero-order valence-corrected chi connectivity index (χ0v) is 11.3. The van der Waals surface area contributed by atoms with Gasteiger partial charge in [0, 0.05) is 18.8 Å². The zero-order chi connectivity index (χ0) is 13.5. The molecule has 0 radical (unpaired) electrons. The minimum atomic E-state index is 0.594. The first-order chi connectivity index (χ1) is 9.24. The molecule has 2 heterocycles. The van der Waals surface area contributed by atoms with E-state index in [4.69, 9.17) is 4.74 Å². The zero-order valence-electron chi connectivity index (χ0n) is 11.3. The van der Waals surface area contributed by atoms with E-state index in [0.29, 0.717) is 17.5 Å². The molecule has 0 aliphatic heterocycles. The molecule has 0 unspecified atom stereocenters. The Morgan fingerprint density at radius 2 is 2.11 bits per heavy atom. The van der Waals surface area contributed by atoms with Gasteiger partial charge < -0.3 is 10.1 Å². The molecule has 0 spiro atoms. The van der Waals surface area contributed by atoms with Crippen molar-refractivity contribution in [2.45, 2.75) is 20.4 Å². The molecule has 2 aromatic rings. The Labute approximate surface area is 113 Å². The Balaban J connectivity index is 1.95. The van der Waals surface area contributed by atoms with Crippen LogP contribution in [0.3, 0.4) is 0 Å². The number of hydrogen-bond acceptors (Lipinski definition) is 4. The second-order valence-corrected chi connectivity index (χ2v) is 4.78. The number of ether oxygens (including phenoxy) is 1. The summed E-state index contributed by atoms with van der Waals surface area (Å²) in [6, 6.07) is 9.48. The van der Waals surface area contributed by atoms with Crippen LogP contribution in [-0.2, 0) is 6.54 Å². The number of pyridine rings is 2.